The van der Waals surface area contributed by atoms with E-state index < -0.39 is 11.7 Å². The van der Waals surface area contributed by atoms with Gasteiger partial charge < -0.3 is 26.2 Å². The number of alkyl halides is 3. The number of piperidine rings is 1. The van der Waals surface area contributed by atoms with Gasteiger partial charge in [-0.3, -0.25) is 9.79 Å². The molecule has 2 fully saturated rings. The molecule has 37 heavy (non-hydrogen) atoms. The Labute approximate surface area is 216 Å². The van der Waals surface area contributed by atoms with Crippen molar-refractivity contribution in [1.29, 1.82) is 0 Å². The van der Waals surface area contributed by atoms with Crippen LogP contribution in [0.4, 0.5) is 24.9 Å². The highest BCUT2D eigenvalue weighted by Gasteiger charge is 2.35. The molecule has 4 N–H and O–H groups in total. The second kappa shape index (κ2) is 13.1. The van der Waals surface area contributed by atoms with Gasteiger partial charge in [0.1, 0.15) is 11.4 Å². The van der Waals surface area contributed by atoms with Crippen LogP contribution < -0.4 is 16.4 Å². The lowest BCUT2D eigenvalue weighted by atomic mass is 10.1. The third kappa shape index (κ3) is 8.31. The number of likely N-dealkylation sites (tertiary alicyclic amines) is 2. The number of nitrogens with one attached hydrogen (secondary N) is 2. The average Bonchev–Trinajstić information content (AvgIpc) is 3.33. The Morgan fingerprint density at radius 2 is 2.11 bits per heavy atom. The van der Waals surface area contributed by atoms with Crippen molar-refractivity contribution in [3.8, 4) is 0 Å². The van der Waals surface area contributed by atoms with E-state index in [1.54, 1.807) is 11.8 Å². The van der Waals surface area contributed by atoms with Crippen LogP contribution in [0.25, 0.3) is 0 Å². The van der Waals surface area contributed by atoms with Gasteiger partial charge in [0.15, 0.2) is 0 Å². The first kappa shape index (κ1) is 28.7. The van der Waals surface area contributed by atoms with Crippen molar-refractivity contribution in [2.24, 2.45) is 16.6 Å². The van der Waals surface area contributed by atoms with E-state index in [4.69, 9.17) is 5.73 Å². The van der Waals surface area contributed by atoms with Gasteiger partial charge in [0.2, 0.25) is 11.9 Å². The fourth-order valence-electron chi connectivity index (χ4n) is 4.56. The zero-order chi connectivity index (χ0) is 27.0. The van der Waals surface area contributed by atoms with E-state index >= 15 is 0 Å². The second-order valence-electron chi connectivity index (χ2n) is 9.95. The topological polar surface area (TPSA) is 112 Å². The first-order valence-electron chi connectivity index (χ1n) is 13.0. The molecule has 3 rings (SSSR count). The lowest BCUT2D eigenvalue weighted by Gasteiger charge is -2.26. The second-order valence-corrected chi connectivity index (χ2v) is 9.95. The summed E-state index contributed by atoms with van der Waals surface area (Å²) < 4.78 is 40.7. The number of nitrogens with two attached hydrogens (primary N) is 1. The van der Waals surface area contributed by atoms with Crippen LogP contribution in [-0.4, -0.2) is 76.7 Å². The van der Waals surface area contributed by atoms with Gasteiger partial charge in [-0.1, -0.05) is 0 Å². The molecular formula is C25H39F3N8O. The lowest BCUT2D eigenvalue weighted by Crippen LogP contribution is -2.36. The molecule has 2 aliphatic rings. The highest BCUT2D eigenvalue weighted by atomic mass is 19.4. The molecule has 0 spiro atoms. The van der Waals surface area contributed by atoms with E-state index in [2.05, 4.69) is 44.3 Å². The Balaban J connectivity index is 1.62. The molecule has 0 bridgehead atoms. The Bertz CT molecular complexity index is 979. The fourth-order valence-corrected chi connectivity index (χ4v) is 4.56. The molecule has 2 aliphatic heterocycles. The third-order valence-electron chi connectivity index (χ3n) is 6.85. The van der Waals surface area contributed by atoms with E-state index in [9.17, 15) is 18.0 Å². The number of amides is 1. The van der Waals surface area contributed by atoms with Crippen LogP contribution in [0.2, 0.25) is 0 Å². The van der Waals surface area contributed by atoms with Gasteiger partial charge in [0.25, 0.3) is 0 Å². The first-order valence-corrected chi connectivity index (χ1v) is 13.0. The zero-order valence-electron chi connectivity index (χ0n) is 21.9. The molecule has 12 heteroatoms. The van der Waals surface area contributed by atoms with E-state index in [0.29, 0.717) is 55.8 Å². The number of rotatable bonds is 11. The predicted molar refractivity (Wildman–Crippen MR) is 139 cm³/mol. The number of carbonyl (C=O) groups excluding carboxylic acids is 1. The minimum atomic E-state index is -4.61. The monoisotopic (exact) mass is 524 g/mol. The summed E-state index contributed by atoms with van der Waals surface area (Å²) in [4.78, 5) is 28.7. The number of aliphatic imine (C=N–C) groups is 1. The largest absolute Gasteiger partial charge is 0.421 e. The number of halogens is 3. The number of hydrogen-bond donors (Lipinski definition) is 3. The number of carbonyl (C=O) groups is 1. The van der Waals surface area contributed by atoms with Crippen LogP contribution in [0.5, 0.6) is 0 Å². The molecule has 1 amide bonds. The fraction of sp³-hybridized carbons (Fsp3) is 0.680. The van der Waals surface area contributed by atoms with E-state index in [0.717, 1.165) is 38.5 Å². The molecule has 0 aliphatic carbocycles. The summed E-state index contributed by atoms with van der Waals surface area (Å²) in [5.74, 6) is 0.217. The van der Waals surface area contributed by atoms with Crippen molar-refractivity contribution >= 4 is 23.4 Å². The number of aromatic nitrogens is 2. The Hall–Kier alpha value is -2.89. The van der Waals surface area contributed by atoms with Gasteiger partial charge in [-0.05, 0) is 58.9 Å². The van der Waals surface area contributed by atoms with Crippen LogP contribution in [-0.2, 0) is 11.0 Å². The summed E-state index contributed by atoms with van der Waals surface area (Å²) in [7, 11) is 0. The number of hydrogen-bond acceptors (Lipinski definition) is 8. The minimum Gasteiger partial charge on any atom is -0.403 e. The summed E-state index contributed by atoms with van der Waals surface area (Å²) in [6.07, 6.45) is 1.41. The van der Waals surface area contributed by atoms with Crippen LogP contribution in [0.15, 0.2) is 23.1 Å². The Kier molecular flexibility index (Phi) is 10.1. The zero-order valence-corrected chi connectivity index (χ0v) is 21.9. The number of anilines is 2. The lowest BCUT2D eigenvalue weighted by molar-refractivity contribution is -0.137. The van der Waals surface area contributed by atoms with Crippen LogP contribution >= 0.6 is 0 Å². The van der Waals surface area contributed by atoms with Gasteiger partial charge in [0, 0.05) is 57.6 Å². The SMILES string of the molecule is CC(=N/C[C@@H]1CCN(C(C)C)C1)/C(=C\N)Nc1ncc(C(F)(F)F)c(NCCCN2CCCCC2=O)n1. The van der Waals surface area contributed by atoms with Crippen LogP contribution in [0.1, 0.15) is 58.4 Å². The van der Waals surface area contributed by atoms with Gasteiger partial charge in [-0.2, -0.15) is 18.2 Å². The maximum absolute atomic E-state index is 13.6. The average molecular weight is 525 g/mol. The molecule has 206 valence electrons. The molecule has 0 aromatic carbocycles. The summed E-state index contributed by atoms with van der Waals surface area (Å²) in [6.45, 7) is 10.3. The highest BCUT2D eigenvalue weighted by molar-refractivity contribution is 6.00. The van der Waals surface area contributed by atoms with Crippen molar-refractivity contribution in [3.63, 3.8) is 0 Å². The summed E-state index contributed by atoms with van der Waals surface area (Å²) in [5, 5.41) is 5.69. The molecule has 1 aromatic rings. The van der Waals surface area contributed by atoms with Gasteiger partial charge >= 0.3 is 6.18 Å². The van der Waals surface area contributed by atoms with Gasteiger partial charge in [-0.15, -0.1) is 0 Å². The first-order chi connectivity index (χ1) is 17.6. The van der Waals surface area contributed by atoms with Crippen molar-refractivity contribution in [2.75, 3.05) is 49.9 Å². The molecule has 1 atom stereocenters. The normalized spacial score (nSPS) is 20.1. The van der Waals surface area contributed by atoms with Crippen LogP contribution in [0, 0.1) is 5.92 Å². The molecule has 1 aromatic heterocycles. The third-order valence-corrected chi connectivity index (χ3v) is 6.85. The molecule has 0 radical (unpaired) electrons. The van der Waals surface area contributed by atoms with Crippen molar-refractivity contribution in [1.82, 2.24) is 19.8 Å². The Morgan fingerprint density at radius 3 is 2.76 bits per heavy atom. The van der Waals surface area contributed by atoms with Crippen molar-refractivity contribution < 1.29 is 18.0 Å². The predicted octanol–water partition coefficient (Wildman–Crippen LogP) is 3.71. The number of nitrogens with zero attached hydrogens (tertiary/aromatic N) is 5. The summed E-state index contributed by atoms with van der Waals surface area (Å²) in [5.41, 5.74) is 5.91. The maximum atomic E-state index is 13.6. The molecule has 0 saturated carbocycles. The van der Waals surface area contributed by atoms with Gasteiger partial charge in [0.05, 0.1) is 11.4 Å². The minimum absolute atomic E-state index is 0.0141. The maximum Gasteiger partial charge on any atom is 0.421 e. The molecule has 3 heterocycles. The Morgan fingerprint density at radius 1 is 1.32 bits per heavy atom. The standard InChI is InChI=1S/C25H39F3N8O/c1-17(2)36-12-8-19(16-36)14-31-18(3)21(13-29)33-24-32-15-20(25(26,27)28)23(34-24)30-9-6-11-35-10-5-4-7-22(35)37/h13,15,17,19H,4-12,14,16,29H2,1-3H3,(H2,30,32,33,34)/b21-13+,31-18-/t19-/m0/s1. The van der Waals surface area contributed by atoms with E-state index in [-0.39, 0.29) is 24.2 Å². The number of allylic oxidation sites excluding steroid dienone is 1. The van der Waals surface area contributed by atoms with Crippen molar-refractivity contribution in [2.45, 2.75) is 65.1 Å². The van der Waals surface area contributed by atoms with E-state index in [1.807, 2.05) is 0 Å². The molecule has 0 unspecified atom stereocenters. The summed E-state index contributed by atoms with van der Waals surface area (Å²) >= 11 is 0. The molecule has 2 saturated heterocycles. The quantitative estimate of drug-likeness (QED) is 0.299. The molecule has 9 nitrogen and oxygen atoms in total. The van der Waals surface area contributed by atoms with E-state index in [1.165, 1.54) is 6.20 Å². The van der Waals surface area contributed by atoms with Crippen molar-refractivity contribution in [3.05, 3.63) is 23.7 Å². The molecular weight excluding hydrogens is 485 g/mol. The smallest absolute Gasteiger partial charge is 0.403 e. The summed E-state index contributed by atoms with van der Waals surface area (Å²) in [6, 6.07) is 0.503. The van der Waals surface area contributed by atoms with Gasteiger partial charge in [-0.25, -0.2) is 4.98 Å². The van der Waals surface area contributed by atoms with Crippen LogP contribution in [0.3, 0.4) is 0 Å². The highest BCUT2D eigenvalue weighted by Crippen LogP contribution is 2.34.